The molecule has 2 aliphatic heterocycles. The molecule has 0 spiro atoms. The third kappa shape index (κ3) is 1.19. The number of imide groups is 1. The Morgan fingerprint density at radius 1 is 1.62 bits per heavy atom. The molecule has 2 atom stereocenters. The van der Waals surface area contributed by atoms with Gasteiger partial charge in [0.1, 0.15) is 12.2 Å². The number of amides is 3. The smallest absolute Gasteiger partial charge is 0.303 e. The van der Waals surface area contributed by atoms with E-state index in [9.17, 15) is 9.59 Å². The first-order chi connectivity index (χ1) is 6.20. The van der Waals surface area contributed by atoms with Crippen LogP contribution in [-0.4, -0.2) is 48.9 Å². The minimum atomic E-state index is -0.410. The van der Waals surface area contributed by atoms with Crippen molar-refractivity contribution in [3.8, 4) is 0 Å². The monoisotopic (exact) mass is 182 g/mol. The second-order valence-corrected chi connectivity index (χ2v) is 3.04. The van der Waals surface area contributed by atoms with Crippen LogP contribution < -0.4 is 10.6 Å². The fraction of sp³-hybridized carbons (Fsp3) is 0.571. The van der Waals surface area contributed by atoms with Crippen LogP contribution >= 0.6 is 0 Å². The molecule has 0 aromatic carbocycles. The molecule has 70 valence electrons. The van der Waals surface area contributed by atoms with Crippen molar-refractivity contribution in [3.05, 3.63) is 0 Å². The normalized spacial score (nSPS) is 32.8. The Bertz CT molecular complexity index is 288. The zero-order valence-corrected chi connectivity index (χ0v) is 7.15. The van der Waals surface area contributed by atoms with Gasteiger partial charge in [0.15, 0.2) is 0 Å². The fourth-order valence-corrected chi connectivity index (χ4v) is 1.48. The number of fused-ring (bicyclic) bond motifs is 1. The molecule has 0 aliphatic carbocycles. The molecule has 2 N–H and O–H groups in total. The summed E-state index contributed by atoms with van der Waals surface area (Å²) in [6, 6.07) is -0.806. The number of aliphatic imine (C=N–C) groups is 1. The summed E-state index contributed by atoms with van der Waals surface area (Å²) in [5, 5.41) is 5.21. The maximum absolute atomic E-state index is 11.3. The van der Waals surface area contributed by atoms with Crippen molar-refractivity contribution < 1.29 is 9.59 Å². The number of carbonyl (C=O) groups is 2. The molecule has 2 heterocycles. The standard InChI is InChI=1S/C7H10N4O2/c1-11-5-4(8-2-3-9-5)6(12)10-7(11)13/h3-5,8H,2H2,1H3,(H,10,12,13). The molecular weight excluding hydrogens is 172 g/mol. The van der Waals surface area contributed by atoms with Crippen molar-refractivity contribution in [3.63, 3.8) is 0 Å². The molecular formula is C7H10N4O2. The van der Waals surface area contributed by atoms with E-state index in [-0.39, 0.29) is 5.91 Å². The van der Waals surface area contributed by atoms with E-state index in [2.05, 4.69) is 15.6 Å². The molecule has 2 rings (SSSR count). The molecule has 0 saturated carbocycles. The van der Waals surface area contributed by atoms with Crippen LogP contribution in [0, 0.1) is 0 Å². The van der Waals surface area contributed by atoms with E-state index in [1.54, 1.807) is 13.3 Å². The van der Waals surface area contributed by atoms with Crippen LogP contribution in [-0.2, 0) is 4.79 Å². The number of carbonyl (C=O) groups excluding carboxylic acids is 2. The second-order valence-electron chi connectivity index (χ2n) is 3.04. The van der Waals surface area contributed by atoms with Crippen LogP contribution in [0.3, 0.4) is 0 Å². The summed E-state index contributed by atoms with van der Waals surface area (Å²) in [5.41, 5.74) is 0. The van der Waals surface area contributed by atoms with Crippen LogP contribution in [0.25, 0.3) is 0 Å². The highest BCUT2D eigenvalue weighted by Crippen LogP contribution is 2.11. The van der Waals surface area contributed by atoms with E-state index in [1.807, 2.05) is 0 Å². The highest BCUT2D eigenvalue weighted by Gasteiger charge is 2.39. The lowest BCUT2D eigenvalue weighted by atomic mass is 10.1. The van der Waals surface area contributed by atoms with Gasteiger partial charge in [0.05, 0.1) is 0 Å². The first-order valence-corrected chi connectivity index (χ1v) is 4.03. The van der Waals surface area contributed by atoms with Gasteiger partial charge in [0.25, 0.3) is 0 Å². The molecule has 13 heavy (non-hydrogen) atoms. The van der Waals surface area contributed by atoms with Gasteiger partial charge in [-0.25, -0.2) is 4.79 Å². The van der Waals surface area contributed by atoms with Gasteiger partial charge >= 0.3 is 6.03 Å². The molecule has 0 bridgehead atoms. The Hall–Kier alpha value is -1.43. The number of hydrogen-bond acceptors (Lipinski definition) is 4. The van der Waals surface area contributed by atoms with Crippen LogP contribution in [0.5, 0.6) is 0 Å². The average molecular weight is 182 g/mol. The molecule has 0 radical (unpaired) electrons. The second kappa shape index (κ2) is 2.81. The van der Waals surface area contributed by atoms with Gasteiger partial charge in [-0.1, -0.05) is 0 Å². The summed E-state index contributed by atoms with van der Waals surface area (Å²) in [6.45, 7) is 0.566. The van der Waals surface area contributed by atoms with Crippen LogP contribution in [0.2, 0.25) is 0 Å². The quantitative estimate of drug-likeness (QED) is 0.480. The number of rotatable bonds is 0. The van der Waals surface area contributed by atoms with E-state index < -0.39 is 18.2 Å². The molecule has 2 unspecified atom stereocenters. The van der Waals surface area contributed by atoms with Gasteiger partial charge in [-0.05, 0) is 0 Å². The van der Waals surface area contributed by atoms with Gasteiger partial charge in [0.2, 0.25) is 5.91 Å². The molecule has 1 fully saturated rings. The van der Waals surface area contributed by atoms with Crippen molar-refractivity contribution in [2.75, 3.05) is 13.6 Å². The average Bonchev–Trinajstić information content (AvgIpc) is 2.15. The highest BCUT2D eigenvalue weighted by atomic mass is 16.2. The topological polar surface area (TPSA) is 73.8 Å². The molecule has 3 amide bonds. The lowest BCUT2D eigenvalue weighted by Crippen LogP contribution is -2.66. The summed E-state index contributed by atoms with van der Waals surface area (Å²) >= 11 is 0. The van der Waals surface area contributed by atoms with E-state index >= 15 is 0 Å². The number of likely N-dealkylation sites (N-methyl/N-ethyl adjacent to an activating group) is 1. The van der Waals surface area contributed by atoms with Crippen LogP contribution in [0.4, 0.5) is 4.79 Å². The molecule has 2 aliphatic rings. The first-order valence-electron chi connectivity index (χ1n) is 4.03. The van der Waals surface area contributed by atoms with Gasteiger partial charge in [-0.15, -0.1) is 0 Å². The number of urea groups is 1. The SMILES string of the molecule is CN1C(=O)NC(=O)C2NCC=NC21. The fourth-order valence-electron chi connectivity index (χ4n) is 1.48. The highest BCUT2D eigenvalue weighted by molar-refractivity contribution is 6.00. The Morgan fingerprint density at radius 3 is 3.15 bits per heavy atom. The van der Waals surface area contributed by atoms with E-state index in [4.69, 9.17) is 0 Å². The minimum absolute atomic E-state index is 0.301. The minimum Gasteiger partial charge on any atom is -0.303 e. The summed E-state index contributed by atoms with van der Waals surface area (Å²) < 4.78 is 0. The molecule has 1 saturated heterocycles. The largest absolute Gasteiger partial charge is 0.325 e. The van der Waals surface area contributed by atoms with Gasteiger partial charge < -0.3 is 4.90 Å². The maximum atomic E-state index is 11.3. The van der Waals surface area contributed by atoms with Crippen LogP contribution in [0.15, 0.2) is 4.99 Å². The predicted molar refractivity (Wildman–Crippen MR) is 45.4 cm³/mol. The Morgan fingerprint density at radius 2 is 2.38 bits per heavy atom. The van der Waals surface area contributed by atoms with Gasteiger partial charge in [-0.3, -0.25) is 20.4 Å². The molecule has 6 heteroatoms. The Kier molecular flexibility index (Phi) is 1.77. The Labute approximate surface area is 75.0 Å². The summed E-state index contributed by atoms with van der Waals surface area (Å²) in [6.07, 6.45) is 1.28. The van der Waals surface area contributed by atoms with Crippen LogP contribution in [0.1, 0.15) is 0 Å². The Balaban J connectivity index is 2.28. The van der Waals surface area contributed by atoms with Crippen molar-refractivity contribution in [1.82, 2.24) is 15.5 Å². The van der Waals surface area contributed by atoms with Gasteiger partial charge in [0, 0.05) is 19.8 Å². The summed E-state index contributed by atoms with van der Waals surface area (Å²) in [4.78, 5) is 27.9. The third-order valence-corrected chi connectivity index (χ3v) is 2.22. The maximum Gasteiger partial charge on any atom is 0.325 e. The lowest BCUT2D eigenvalue weighted by Gasteiger charge is -2.37. The van der Waals surface area contributed by atoms with E-state index in [1.165, 1.54) is 4.90 Å². The molecule has 0 aromatic heterocycles. The van der Waals surface area contributed by atoms with Gasteiger partial charge in [-0.2, -0.15) is 0 Å². The van der Waals surface area contributed by atoms with E-state index in [0.29, 0.717) is 6.54 Å². The van der Waals surface area contributed by atoms with Crippen molar-refractivity contribution >= 4 is 18.2 Å². The van der Waals surface area contributed by atoms with Crippen molar-refractivity contribution in [1.29, 1.82) is 0 Å². The molecule has 6 nitrogen and oxygen atoms in total. The molecule has 0 aromatic rings. The third-order valence-electron chi connectivity index (χ3n) is 2.22. The zero-order chi connectivity index (χ0) is 9.42. The first kappa shape index (κ1) is 8.18. The number of hydrogen-bond donors (Lipinski definition) is 2. The van der Waals surface area contributed by atoms with E-state index in [0.717, 1.165) is 0 Å². The van der Waals surface area contributed by atoms with Crippen molar-refractivity contribution in [2.45, 2.75) is 12.2 Å². The van der Waals surface area contributed by atoms with Crippen molar-refractivity contribution in [2.24, 2.45) is 4.99 Å². The number of nitrogens with zero attached hydrogens (tertiary/aromatic N) is 2. The summed E-state index contributed by atoms with van der Waals surface area (Å²) in [7, 11) is 1.61. The zero-order valence-electron chi connectivity index (χ0n) is 7.15. The lowest BCUT2D eigenvalue weighted by molar-refractivity contribution is -0.125. The number of nitrogens with one attached hydrogen (secondary N) is 2. The summed E-state index contributed by atoms with van der Waals surface area (Å²) in [5.74, 6) is -0.301. The predicted octanol–water partition coefficient (Wildman–Crippen LogP) is -1.46.